The Morgan fingerprint density at radius 1 is 0.759 bits per heavy atom. The number of aromatic hydroxyl groups is 2. The SMILES string of the molecule is CCNC(=O)c1nnc(-c2cc(C(C)C)c(O)cc2O)n1-c1ccc(OC2CCN(C(=O)CO/N=C(/[C@H](C)NC(=O)[C@H](Cc3ccccc3)NC(=O)[C@H](CC(C)C)NC(=O)[C@H](CCc3ccccc3)NC(=O)CN3CCOCC3)[C@@]3(C)CO3)CC2)cc1. The third kappa shape index (κ3) is 17.9. The largest absolute Gasteiger partial charge is 0.508 e. The fraction of sp³-hybridized carbons (Fsp3) is 0.484. The summed E-state index contributed by atoms with van der Waals surface area (Å²) in [4.78, 5) is 92.7. The fourth-order valence-electron chi connectivity index (χ4n) is 10.7. The van der Waals surface area contributed by atoms with Crippen molar-refractivity contribution in [2.75, 3.05) is 65.7 Å². The van der Waals surface area contributed by atoms with Crippen molar-refractivity contribution < 1.29 is 58.0 Å². The summed E-state index contributed by atoms with van der Waals surface area (Å²) in [5.41, 5.74) is 2.63. The number of phenols is 2. The second-order valence-corrected chi connectivity index (χ2v) is 23.3. The quantitative estimate of drug-likeness (QED) is 0.0198. The highest BCUT2D eigenvalue weighted by atomic mass is 16.6. The van der Waals surface area contributed by atoms with E-state index in [-0.39, 0.29) is 85.3 Å². The van der Waals surface area contributed by atoms with Crippen molar-refractivity contribution in [2.45, 2.75) is 129 Å². The average Bonchev–Trinajstić information content (AvgIpc) is 2.02. The van der Waals surface area contributed by atoms with Crippen molar-refractivity contribution in [3.63, 3.8) is 0 Å². The molecule has 87 heavy (non-hydrogen) atoms. The number of hydrogen-bond acceptors (Lipinski definition) is 16. The summed E-state index contributed by atoms with van der Waals surface area (Å²) < 4.78 is 19.1. The third-order valence-electron chi connectivity index (χ3n) is 15.6. The van der Waals surface area contributed by atoms with Gasteiger partial charge in [0.15, 0.2) is 12.4 Å². The molecule has 8 rings (SSSR count). The number of morpholine rings is 1. The minimum atomic E-state index is -1.10. The summed E-state index contributed by atoms with van der Waals surface area (Å²) >= 11 is 0. The number of piperidine rings is 1. The van der Waals surface area contributed by atoms with E-state index in [0.717, 1.165) is 11.1 Å². The van der Waals surface area contributed by atoms with Crippen LogP contribution in [0.1, 0.15) is 107 Å². The zero-order chi connectivity index (χ0) is 62.2. The van der Waals surface area contributed by atoms with Crippen LogP contribution in [0.5, 0.6) is 17.2 Å². The van der Waals surface area contributed by atoms with Crippen molar-refractivity contribution >= 4 is 41.2 Å². The number of nitrogens with one attached hydrogen (secondary N) is 5. The van der Waals surface area contributed by atoms with Crippen LogP contribution >= 0.6 is 0 Å². The lowest BCUT2D eigenvalue weighted by molar-refractivity contribution is -0.138. The summed E-state index contributed by atoms with van der Waals surface area (Å²) in [5, 5.41) is 48.9. The van der Waals surface area contributed by atoms with Crippen molar-refractivity contribution in [3.05, 3.63) is 120 Å². The molecule has 3 saturated heterocycles. The van der Waals surface area contributed by atoms with Crippen LogP contribution in [0.3, 0.4) is 0 Å². The normalized spacial score (nSPS) is 17.8. The number of amides is 6. The monoisotopic (exact) mass is 1200 g/mol. The zero-order valence-corrected chi connectivity index (χ0v) is 50.8. The van der Waals surface area contributed by atoms with Crippen LogP contribution in [-0.2, 0) is 51.1 Å². The maximum absolute atomic E-state index is 14.5. The van der Waals surface area contributed by atoms with Crippen LogP contribution in [-0.4, -0.2) is 178 Å². The molecule has 5 atom stereocenters. The van der Waals surface area contributed by atoms with Gasteiger partial charge < -0.3 is 60.7 Å². The van der Waals surface area contributed by atoms with E-state index in [0.29, 0.717) is 100 Å². The number of phenolic OH excluding ortho intramolecular Hbond substituents is 2. The Morgan fingerprint density at radius 2 is 1.39 bits per heavy atom. The van der Waals surface area contributed by atoms with Crippen molar-refractivity contribution in [2.24, 2.45) is 11.1 Å². The number of carbonyl (C=O) groups is 6. The number of rotatable bonds is 28. The highest BCUT2D eigenvalue weighted by molar-refractivity contribution is 6.01. The maximum Gasteiger partial charge on any atom is 0.289 e. The smallest absolute Gasteiger partial charge is 0.289 e. The molecule has 6 amide bonds. The standard InChI is InChI=1S/C64H83N11O12/c1-8-65-63(83)59-71-70-58(49-35-48(41(4)5)53(76)36-54(49)77)75(59)45-20-22-46(23-21-45)87-47-25-27-74(28-26-47)56(79)38-86-72-57(64(7)39-85-64)42(6)66-61(81)52(34-44-17-13-10-14-18-44)69-62(82)51(33-40(2)3)68-60(80)50(24-19-43-15-11-9-12-16-43)67-55(78)37-73-29-31-84-32-30-73/h9-18,20-23,35-36,40-42,47,50-52,76-77H,8,19,24-34,37-39H2,1-7H3,(H,65,83)(H,66,81)(H,67,78)(H,68,80)(H,69,82)/b72-57-/t42-,50-,51-,52-,64+/m0/s1. The number of aryl methyl sites for hydroxylation is 1. The van der Waals surface area contributed by atoms with Gasteiger partial charge >= 0.3 is 0 Å². The number of likely N-dealkylation sites (tertiary alicyclic amines) is 1. The second kappa shape index (κ2) is 30.3. The number of hydrogen-bond donors (Lipinski definition) is 7. The predicted octanol–water partition coefficient (Wildman–Crippen LogP) is 4.96. The zero-order valence-electron chi connectivity index (χ0n) is 50.8. The van der Waals surface area contributed by atoms with Gasteiger partial charge in [-0.2, -0.15) is 0 Å². The summed E-state index contributed by atoms with van der Waals surface area (Å²) in [6.45, 7) is 16.4. The Labute approximate surface area is 507 Å². The lowest BCUT2D eigenvalue weighted by Gasteiger charge is -2.32. The molecule has 0 radical (unpaired) electrons. The molecule has 466 valence electrons. The number of carbonyl (C=O) groups excluding carboxylic acids is 6. The molecular formula is C64H83N11O12. The number of nitrogens with zero attached hydrogens (tertiary/aromatic N) is 6. The molecule has 0 bridgehead atoms. The highest BCUT2D eigenvalue weighted by Gasteiger charge is 2.48. The summed E-state index contributed by atoms with van der Waals surface area (Å²) in [6, 6.07) is 24.9. The topological polar surface area (TPSA) is 293 Å². The van der Waals surface area contributed by atoms with Crippen molar-refractivity contribution in [1.29, 1.82) is 0 Å². The first-order valence-corrected chi connectivity index (χ1v) is 30.1. The van der Waals surface area contributed by atoms with Gasteiger partial charge in [-0.25, -0.2) is 0 Å². The van der Waals surface area contributed by atoms with E-state index in [4.69, 9.17) is 19.0 Å². The van der Waals surface area contributed by atoms with Crippen LogP contribution in [0.2, 0.25) is 0 Å². The second-order valence-electron chi connectivity index (χ2n) is 23.3. The molecule has 4 aromatic carbocycles. The minimum Gasteiger partial charge on any atom is -0.508 e. The van der Waals surface area contributed by atoms with Gasteiger partial charge in [0.25, 0.3) is 11.8 Å². The number of benzene rings is 4. The minimum absolute atomic E-state index is 0.00518. The van der Waals surface area contributed by atoms with Gasteiger partial charge in [-0.3, -0.25) is 38.2 Å². The van der Waals surface area contributed by atoms with E-state index in [1.807, 2.05) is 93.3 Å². The van der Waals surface area contributed by atoms with E-state index in [1.54, 1.807) is 60.6 Å². The highest BCUT2D eigenvalue weighted by Crippen LogP contribution is 2.38. The van der Waals surface area contributed by atoms with Crippen molar-refractivity contribution in [3.8, 4) is 34.3 Å². The van der Waals surface area contributed by atoms with Crippen LogP contribution in [0.4, 0.5) is 0 Å². The van der Waals surface area contributed by atoms with Gasteiger partial charge in [0.2, 0.25) is 29.5 Å². The summed E-state index contributed by atoms with van der Waals surface area (Å²) in [7, 11) is 0. The molecule has 3 fully saturated rings. The molecule has 0 aliphatic carbocycles. The van der Waals surface area contributed by atoms with Crippen LogP contribution in [0, 0.1) is 5.92 Å². The molecule has 1 aromatic heterocycles. The van der Waals surface area contributed by atoms with Gasteiger partial charge in [-0.05, 0) is 98.9 Å². The molecule has 3 aliphatic rings. The fourth-order valence-corrected chi connectivity index (χ4v) is 10.7. The van der Waals surface area contributed by atoms with Gasteiger partial charge in [0.05, 0.1) is 38.0 Å². The average molecular weight is 1200 g/mol. The lowest BCUT2D eigenvalue weighted by atomic mass is 9.98. The molecule has 4 heterocycles. The van der Waals surface area contributed by atoms with Crippen LogP contribution in [0.25, 0.3) is 17.1 Å². The lowest BCUT2D eigenvalue weighted by Crippen LogP contribution is -2.59. The summed E-state index contributed by atoms with van der Waals surface area (Å²) in [6.07, 6.45) is 1.99. The molecule has 0 saturated carbocycles. The molecule has 7 N–H and O–H groups in total. The predicted molar refractivity (Wildman–Crippen MR) is 325 cm³/mol. The van der Waals surface area contributed by atoms with Crippen LogP contribution < -0.4 is 31.3 Å². The Hall–Kier alpha value is -8.41. The van der Waals surface area contributed by atoms with Crippen molar-refractivity contribution in [1.82, 2.24) is 51.1 Å². The molecule has 3 aliphatic heterocycles. The van der Waals surface area contributed by atoms with Crippen LogP contribution in [0.15, 0.2) is 102 Å². The van der Waals surface area contributed by atoms with E-state index >= 15 is 0 Å². The molecule has 5 aromatic rings. The Bertz CT molecular complexity index is 3180. The number of ether oxygens (including phenoxy) is 3. The first-order chi connectivity index (χ1) is 41.8. The number of aromatic nitrogens is 3. The molecule has 23 heteroatoms. The van der Waals surface area contributed by atoms with E-state index in [2.05, 4.69) is 41.9 Å². The number of oxime groups is 1. The summed E-state index contributed by atoms with van der Waals surface area (Å²) in [5.74, 6) is -2.30. The molecule has 0 unspecified atom stereocenters. The number of epoxide rings is 1. The van der Waals surface area contributed by atoms with Gasteiger partial charge in [0.1, 0.15) is 52.8 Å². The third-order valence-corrected chi connectivity index (χ3v) is 15.6. The Kier molecular flexibility index (Phi) is 22.5. The van der Waals surface area contributed by atoms with Gasteiger partial charge in [-0.15, -0.1) is 10.2 Å². The van der Waals surface area contributed by atoms with E-state index in [9.17, 15) is 39.0 Å². The molecular weight excluding hydrogens is 1110 g/mol. The first kappa shape index (κ1) is 64.6. The Balaban J connectivity index is 0.876. The van der Waals surface area contributed by atoms with Gasteiger partial charge in [-0.1, -0.05) is 93.5 Å². The molecule has 23 nitrogen and oxygen atoms in total. The maximum atomic E-state index is 14.5. The first-order valence-electron chi connectivity index (χ1n) is 30.1. The van der Waals surface area contributed by atoms with E-state index < -0.39 is 53.4 Å². The van der Waals surface area contributed by atoms with E-state index in [1.165, 1.54) is 6.07 Å². The van der Waals surface area contributed by atoms with Gasteiger partial charge in [0, 0.05) is 63.7 Å². The Morgan fingerprint density at radius 3 is 2.02 bits per heavy atom. The molecule has 0 spiro atoms.